The topological polar surface area (TPSA) is 73.3 Å². The maximum atomic E-state index is 13.7. The molecule has 0 radical (unpaired) electrons. The minimum Gasteiger partial charge on any atom is -0.495 e. The Kier molecular flexibility index (Phi) is 6.30. The van der Waals surface area contributed by atoms with Gasteiger partial charge in [-0.3, -0.25) is 14.5 Å². The van der Waals surface area contributed by atoms with E-state index in [0.29, 0.717) is 42.3 Å². The Balaban J connectivity index is 1.79. The lowest BCUT2D eigenvalue weighted by Gasteiger charge is -2.36. The van der Waals surface area contributed by atoms with Gasteiger partial charge in [-0.15, -0.1) is 0 Å². The van der Waals surface area contributed by atoms with E-state index in [4.69, 9.17) is 4.74 Å². The van der Waals surface area contributed by atoms with Crippen LogP contribution in [0.1, 0.15) is 16.7 Å². The number of nitrogens with zero attached hydrogens (tertiary/aromatic N) is 3. The highest BCUT2D eigenvalue weighted by Gasteiger charge is 2.44. The summed E-state index contributed by atoms with van der Waals surface area (Å²) in [6, 6.07) is 13.0. The Morgan fingerprint density at radius 2 is 1.66 bits per heavy atom. The van der Waals surface area contributed by atoms with Gasteiger partial charge in [-0.1, -0.05) is 30.3 Å². The van der Waals surface area contributed by atoms with Crippen LogP contribution in [0, 0.1) is 13.8 Å². The van der Waals surface area contributed by atoms with E-state index in [1.54, 1.807) is 18.2 Å². The second kappa shape index (κ2) is 9.14. The molecule has 2 aliphatic heterocycles. The second-order valence-corrected chi connectivity index (χ2v) is 8.19. The van der Waals surface area contributed by atoms with Gasteiger partial charge in [0.15, 0.2) is 0 Å². The number of rotatable bonds is 6. The molecule has 0 aliphatic carbocycles. The van der Waals surface area contributed by atoms with Gasteiger partial charge in [-0.2, -0.15) is 0 Å². The number of aliphatic hydroxyl groups excluding tert-OH is 1. The van der Waals surface area contributed by atoms with Crippen LogP contribution in [0.2, 0.25) is 0 Å². The van der Waals surface area contributed by atoms with Crippen molar-refractivity contribution < 1.29 is 19.4 Å². The standard InChI is InChI=1S/C25H29N3O4/c1-17-8-9-19(16-18(17)2)22-23(27-12-10-26(11-13-27)14-15-29)25(31)28(24(22)30)20-6-4-5-7-21(20)32-3/h4-9,16,29H,10-15H2,1-3H3. The SMILES string of the molecule is COc1ccccc1N1C(=O)C(c2ccc(C)c(C)c2)=C(N2CCN(CCO)CC2)C1=O. The van der Waals surface area contributed by atoms with Crippen molar-refractivity contribution in [2.24, 2.45) is 0 Å². The Morgan fingerprint density at radius 1 is 0.938 bits per heavy atom. The molecule has 7 nitrogen and oxygen atoms in total. The summed E-state index contributed by atoms with van der Waals surface area (Å²) < 4.78 is 5.44. The Morgan fingerprint density at radius 3 is 2.31 bits per heavy atom. The summed E-state index contributed by atoms with van der Waals surface area (Å²) in [6.07, 6.45) is 0. The van der Waals surface area contributed by atoms with E-state index < -0.39 is 0 Å². The number of carbonyl (C=O) groups excluding carboxylic acids is 2. The third kappa shape index (κ3) is 3.89. The molecule has 2 heterocycles. The maximum Gasteiger partial charge on any atom is 0.282 e. The molecule has 0 aromatic heterocycles. The molecule has 2 amide bonds. The summed E-state index contributed by atoms with van der Waals surface area (Å²) in [5.74, 6) is -0.193. The first-order valence-corrected chi connectivity index (χ1v) is 10.9. The molecule has 0 bridgehead atoms. The number of aliphatic hydroxyl groups is 1. The summed E-state index contributed by atoms with van der Waals surface area (Å²) >= 11 is 0. The molecule has 0 atom stereocenters. The molecule has 2 aromatic rings. The van der Waals surface area contributed by atoms with E-state index in [1.165, 1.54) is 12.0 Å². The van der Waals surface area contributed by atoms with Gasteiger partial charge in [0.2, 0.25) is 0 Å². The van der Waals surface area contributed by atoms with Gasteiger partial charge in [-0.05, 0) is 42.7 Å². The van der Waals surface area contributed by atoms with Gasteiger partial charge >= 0.3 is 0 Å². The number of hydrogen-bond acceptors (Lipinski definition) is 6. The van der Waals surface area contributed by atoms with E-state index in [9.17, 15) is 14.7 Å². The van der Waals surface area contributed by atoms with Crippen LogP contribution < -0.4 is 9.64 Å². The summed E-state index contributed by atoms with van der Waals surface area (Å²) in [7, 11) is 1.53. The first-order valence-electron chi connectivity index (χ1n) is 10.9. The quantitative estimate of drug-likeness (QED) is 0.702. The number of hydrogen-bond donors (Lipinski definition) is 1. The monoisotopic (exact) mass is 435 g/mol. The van der Waals surface area contributed by atoms with Crippen LogP contribution in [-0.4, -0.2) is 73.2 Å². The summed E-state index contributed by atoms with van der Waals surface area (Å²) in [5, 5.41) is 9.24. The molecule has 168 valence electrons. The predicted octanol–water partition coefficient (Wildman–Crippen LogP) is 2.21. The Bertz CT molecular complexity index is 1070. The van der Waals surface area contributed by atoms with E-state index in [0.717, 1.165) is 29.8 Å². The summed E-state index contributed by atoms with van der Waals surface area (Å²) in [4.78, 5) is 32.8. The molecular formula is C25H29N3O4. The Labute approximate surface area is 188 Å². The molecular weight excluding hydrogens is 406 g/mol. The van der Waals surface area contributed by atoms with Gasteiger partial charge in [-0.25, -0.2) is 4.90 Å². The average molecular weight is 436 g/mol. The minimum absolute atomic E-state index is 0.107. The van der Waals surface area contributed by atoms with Crippen molar-refractivity contribution in [3.8, 4) is 5.75 Å². The molecule has 0 spiro atoms. The van der Waals surface area contributed by atoms with Crippen LogP contribution in [0.25, 0.3) is 5.57 Å². The summed E-state index contributed by atoms with van der Waals surface area (Å²) in [6.45, 7) is 7.42. The number of para-hydroxylation sites is 2. The number of benzene rings is 2. The molecule has 0 saturated carbocycles. The fraction of sp³-hybridized carbons (Fsp3) is 0.360. The molecule has 2 aliphatic rings. The minimum atomic E-state index is -0.337. The first kappa shape index (κ1) is 22.0. The second-order valence-electron chi connectivity index (χ2n) is 8.19. The lowest BCUT2D eigenvalue weighted by atomic mass is 9.99. The predicted molar refractivity (Wildman–Crippen MR) is 123 cm³/mol. The van der Waals surface area contributed by atoms with Crippen molar-refractivity contribution in [2.75, 3.05) is 51.3 Å². The van der Waals surface area contributed by atoms with Crippen molar-refractivity contribution in [3.63, 3.8) is 0 Å². The lowest BCUT2D eigenvalue weighted by molar-refractivity contribution is -0.120. The van der Waals surface area contributed by atoms with Gasteiger partial charge in [0.1, 0.15) is 11.4 Å². The molecule has 1 saturated heterocycles. The maximum absolute atomic E-state index is 13.7. The van der Waals surface area contributed by atoms with Crippen LogP contribution in [0.5, 0.6) is 5.75 Å². The van der Waals surface area contributed by atoms with Crippen LogP contribution in [0.15, 0.2) is 48.2 Å². The average Bonchev–Trinajstić information content (AvgIpc) is 3.06. The Hall–Kier alpha value is -3.16. The van der Waals surface area contributed by atoms with Crippen molar-refractivity contribution in [3.05, 3.63) is 64.9 Å². The highest BCUT2D eigenvalue weighted by molar-refractivity contribution is 6.45. The molecule has 0 unspecified atom stereocenters. The molecule has 7 heteroatoms. The van der Waals surface area contributed by atoms with Crippen molar-refractivity contribution in [1.82, 2.24) is 9.80 Å². The van der Waals surface area contributed by atoms with Crippen LogP contribution >= 0.6 is 0 Å². The number of aryl methyl sites for hydroxylation is 2. The number of piperazine rings is 1. The van der Waals surface area contributed by atoms with Crippen LogP contribution in [-0.2, 0) is 9.59 Å². The zero-order chi connectivity index (χ0) is 22.8. The van der Waals surface area contributed by atoms with Gasteiger partial charge in [0.05, 0.1) is 25.0 Å². The van der Waals surface area contributed by atoms with Gasteiger partial charge in [0, 0.05) is 32.7 Å². The van der Waals surface area contributed by atoms with E-state index in [2.05, 4.69) is 4.90 Å². The fourth-order valence-corrected chi connectivity index (χ4v) is 4.34. The summed E-state index contributed by atoms with van der Waals surface area (Å²) in [5.41, 5.74) is 4.26. The third-order valence-electron chi connectivity index (χ3n) is 6.29. The number of anilines is 1. The van der Waals surface area contributed by atoms with Crippen LogP contribution in [0.4, 0.5) is 5.69 Å². The molecule has 1 fully saturated rings. The largest absolute Gasteiger partial charge is 0.495 e. The molecule has 1 N–H and O–H groups in total. The van der Waals surface area contributed by atoms with Crippen molar-refractivity contribution in [1.29, 1.82) is 0 Å². The normalized spacial score (nSPS) is 17.5. The van der Waals surface area contributed by atoms with E-state index in [-0.39, 0.29) is 18.4 Å². The van der Waals surface area contributed by atoms with Crippen molar-refractivity contribution >= 4 is 23.1 Å². The number of carbonyl (C=O) groups is 2. The zero-order valence-electron chi connectivity index (χ0n) is 18.8. The fourth-order valence-electron chi connectivity index (χ4n) is 4.34. The number of amides is 2. The zero-order valence-corrected chi connectivity index (χ0v) is 18.8. The van der Waals surface area contributed by atoms with Crippen LogP contribution in [0.3, 0.4) is 0 Å². The highest BCUT2D eigenvalue weighted by atomic mass is 16.5. The first-order chi connectivity index (χ1) is 15.5. The number of methoxy groups -OCH3 is 1. The third-order valence-corrected chi connectivity index (χ3v) is 6.29. The highest BCUT2D eigenvalue weighted by Crippen LogP contribution is 2.39. The van der Waals surface area contributed by atoms with Gasteiger partial charge in [0.25, 0.3) is 11.8 Å². The molecule has 2 aromatic carbocycles. The van der Waals surface area contributed by atoms with E-state index >= 15 is 0 Å². The van der Waals surface area contributed by atoms with E-state index in [1.807, 2.05) is 43.0 Å². The molecule has 4 rings (SSSR count). The number of imide groups is 1. The number of ether oxygens (including phenoxy) is 1. The lowest BCUT2D eigenvalue weighted by Crippen LogP contribution is -2.48. The van der Waals surface area contributed by atoms with Crippen molar-refractivity contribution in [2.45, 2.75) is 13.8 Å². The number of β-amino-alcohol motifs (C(OH)–C–C–N with tert-alkyl or cyclic N) is 1. The van der Waals surface area contributed by atoms with Gasteiger partial charge < -0.3 is 14.7 Å². The molecule has 32 heavy (non-hydrogen) atoms. The smallest absolute Gasteiger partial charge is 0.282 e.